The fraction of sp³-hybridized carbons (Fsp3) is 0.423. The Kier molecular flexibility index (Phi) is 7.22. The first-order valence-corrected chi connectivity index (χ1v) is 12.3. The summed E-state index contributed by atoms with van der Waals surface area (Å²) >= 11 is 0. The van der Waals surface area contributed by atoms with Crippen molar-refractivity contribution in [1.82, 2.24) is 10.2 Å². The number of hydrogen-bond acceptors (Lipinski definition) is 8. The number of nitrogens with two attached hydrogens (primary N) is 1. The molecule has 0 bridgehead atoms. The zero-order valence-electron chi connectivity index (χ0n) is 20.6. The predicted octanol–water partition coefficient (Wildman–Crippen LogP) is 0.339. The third-order valence-corrected chi connectivity index (χ3v) is 7.11. The van der Waals surface area contributed by atoms with Crippen molar-refractivity contribution < 1.29 is 29.0 Å². The summed E-state index contributed by atoms with van der Waals surface area (Å²) in [5.41, 5.74) is 9.31. The van der Waals surface area contributed by atoms with Crippen LogP contribution in [0.1, 0.15) is 34.1 Å². The second-order valence-corrected chi connectivity index (χ2v) is 9.44. The molecule has 0 aliphatic carbocycles. The third-order valence-electron chi connectivity index (χ3n) is 7.11. The molecule has 5 N–H and O–H groups in total. The van der Waals surface area contributed by atoms with Crippen LogP contribution in [0.25, 0.3) is 0 Å². The minimum Gasteiger partial charge on any atom is -0.380 e. The molecule has 11 nitrogen and oxygen atoms in total. The highest BCUT2D eigenvalue weighted by Crippen LogP contribution is 2.26. The first-order valence-electron chi connectivity index (χ1n) is 12.3. The molecule has 196 valence electrons. The molecule has 0 aromatic heterocycles. The lowest BCUT2D eigenvalue weighted by Crippen LogP contribution is -2.55. The van der Waals surface area contributed by atoms with Crippen LogP contribution in [0.5, 0.6) is 0 Å². The number of nitrogens with one attached hydrogen (secondary N) is 2. The molecule has 2 aromatic rings. The summed E-state index contributed by atoms with van der Waals surface area (Å²) in [7, 11) is 1.63. The van der Waals surface area contributed by atoms with Gasteiger partial charge in [-0.05, 0) is 47.9 Å². The largest absolute Gasteiger partial charge is 0.380 e. The topological polar surface area (TPSA) is 146 Å². The maximum atomic E-state index is 13.3. The summed E-state index contributed by atoms with van der Waals surface area (Å²) in [6.45, 7) is 2.06. The average Bonchev–Trinajstić information content (AvgIpc) is 3.54. The molecular weight excluding hydrogens is 478 g/mol. The highest BCUT2D eigenvalue weighted by molar-refractivity contribution is 6.04. The first-order chi connectivity index (χ1) is 17.9. The number of fused-ring (bicyclic) bond motifs is 1. The molecule has 3 aliphatic rings. The number of benzene rings is 2. The van der Waals surface area contributed by atoms with Crippen molar-refractivity contribution in [3.8, 4) is 0 Å². The Labute approximate surface area is 214 Å². The Morgan fingerprint density at radius 3 is 2.86 bits per heavy atom. The zero-order chi connectivity index (χ0) is 26.1. The van der Waals surface area contributed by atoms with Crippen LogP contribution in [-0.4, -0.2) is 79.4 Å². The highest BCUT2D eigenvalue weighted by atomic mass is 16.5. The molecule has 4 atom stereocenters. The van der Waals surface area contributed by atoms with Gasteiger partial charge in [0.2, 0.25) is 0 Å². The van der Waals surface area contributed by atoms with E-state index in [9.17, 15) is 19.5 Å². The number of morpholine rings is 1. The molecule has 0 spiro atoms. The van der Waals surface area contributed by atoms with Gasteiger partial charge in [-0.1, -0.05) is 12.1 Å². The average molecular weight is 510 g/mol. The first kappa shape index (κ1) is 25.3. The van der Waals surface area contributed by atoms with Crippen LogP contribution in [-0.2, 0) is 25.6 Å². The number of aliphatic hydroxyl groups excluding tert-OH is 1. The number of methoxy groups -OCH3 is 1. The van der Waals surface area contributed by atoms with Gasteiger partial charge in [0.25, 0.3) is 17.7 Å². The number of anilines is 2. The maximum Gasteiger partial charge on any atom is 0.259 e. The van der Waals surface area contributed by atoms with Crippen molar-refractivity contribution in [3.63, 3.8) is 0 Å². The number of hydrogen-bond donors (Lipinski definition) is 4. The Morgan fingerprint density at radius 2 is 2.08 bits per heavy atom. The van der Waals surface area contributed by atoms with E-state index in [0.717, 1.165) is 17.5 Å². The number of carbonyl (C=O) groups is 3. The number of ether oxygens (including phenoxy) is 2. The van der Waals surface area contributed by atoms with Crippen LogP contribution >= 0.6 is 0 Å². The van der Waals surface area contributed by atoms with E-state index < -0.39 is 24.0 Å². The van der Waals surface area contributed by atoms with Crippen molar-refractivity contribution >= 4 is 29.1 Å². The highest BCUT2D eigenvalue weighted by Gasteiger charge is 2.39. The summed E-state index contributed by atoms with van der Waals surface area (Å²) < 4.78 is 10.9. The lowest BCUT2D eigenvalue weighted by Gasteiger charge is -2.34. The Balaban J connectivity index is 1.26. The van der Waals surface area contributed by atoms with Crippen LogP contribution in [0, 0.1) is 0 Å². The third kappa shape index (κ3) is 5.09. The standard InChI is InChI=1S/C26H31N5O6/c1-36-19-7-8-30(14-19)25(34)15-3-2-4-18(12-15)31-9-10-37-22(26(31)35)21(32)24(33)29-17-5-6-20-16(11-17)13-28-23(20)27/h2-6,11-12,19,21-23,28,32H,7-10,13-14,27H2,1H3,(H,29,33). The lowest BCUT2D eigenvalue weighted by molar-refractivity contribution is -0.150. The monoisotopic (exact) mass is 509 g/mol. The number of amides is 3. The molecule has 0 saturated carbocycles. The van der Waals surface area contributed by atoms with Gasteiger partial charge in [-0.15, -0.1) is 0 Å². The van der Waals surface area contributed by atoms with E-state index in [-0.39, 0.29) is 31.3 Å². The van der Waals surface area contributed by atoms with Crippen molar-refractivity contribution in [2.75, 3.05) is 43.6 Å². The Hall–Kier alpha value is -3.35. The lowest BCUT2D eigenvalue weighted by atomic mass is 10.1. The molecular formula is C26H31N5O6. The number of rotatable bonds is 6. The number of nitrogens with zero attached hydrogens (tertiary/aromatic N) is 2. The number of likely N-dealkylation sites (tertiary alicyclic amines) is 1. The Bertz CT molecular complexity index is 1210. The van der Waals surface area contributed by atoms with Crippen molar-refractivity contribution in [1.29, 1.82) is 0 Å². The van der Waals surface area contributed by atoms with E-state index in [0.29, 0.717) is 36.6 Å². The SMILES string of the molecule is COC1CCN(C(=O)c2cccc(N3CCOC(C(O)C(=O)Nc4ccc5c(c4)CNC5N)C3=O)c2)C1. The van der Waals surface area contributed by atoms with Crippen molar-refractivity contribution in [2.24, 2.45) is 5.73 Å². The van der Waals surface area contributed by atoms with E-state index in [1.807, 2.05) is 6.07 Å². The van der Waals surface area contributed by atoms with Gasteiger partial charge in [0.15, 0.2) is 12.2 Å². The molecule has 0 radical (unpaired) electrons. The molecule has 3 aliphatic heterocycles. The van der Waals surface area contributed by atoms with Crippen LogP contribution in [0.3, 0.4) is 0 Å². The number of aliphatic hydroxyl groups is 1. The fourth-order valence-electron chi connectivity index (χ4n) is 5.01. The molecule has 2 saturated heterocycles. The minimum absolute atomic E-state index is 0.0207. The van der Waals surface area contributed by atoms with Gasteiger partial charge in [0.1, 0.15) is 0 Å². The van der Waals surface area contributed by atoms with Crippen LogP contribution in [0.15, 0.2) is 42.5 Å². The second kappa shape index (κ2) is 10.6. The number of carbonyl (C=O) groups excluding carboxylic acids is 3. The van der Waals surface area contributed by atoms with Gasteiger partial charge >= 0.3 is 0 Å². The van der Waals surface area contributed by atoms with E-state index >= 15 is 0 Å². The van der Waals surface area contributed by atoms with Gasteiger partial charge < -0.3 is 35.4 Å². The van der Waals surface area contributed by atoms with Gasteiger partial charge in [-0.3, -0.25) is 19.7 Å². The summed E-state index contributed by atoms with van der Waals surface area (Å²) in [4.78, 5) is 42.2. The van der Waals surface area contributed by atoms with Gasteiger partial charge in [0, 0.05) is 50.2 Å². The molecule has 11 heteroatoms. The molecule has 3 heterocycles. The molecule has 37 heavy (non-hydrogen) atoms. The zero-order valence-corrected chi connectivity index (χ0v) is 20.6. The van der Waals surface area contributed by atoms with E-state index in [2.05, 4.69) is 10.6 Å². The molecule has 4 unspecified atom stereocenters. The van der Waals surface area contributed by atoms with Crippen LogP contribution in [0.2, 0.25) is 0 Å². The van der Waals surface area contributed by atoms with E-state index in [1.165, 1.54) is 4.90 Å². The van der Waals surface area contributed by atoms with Crippen LogP contribution < -0.4 is 21.3 Å². The van der Waals surface area contributed by atoms with Gasteiger partial charge in [-0.2, -0.15) is 0 Å². The van der Waals surface area contributed by atoms with Crippen molar-refractivity contribution in [3.05, 3.63) is 59.2 Å². The summed E-state index contributed by atoms with van der Waals surface area (Å²) in [6.07, 6.45) is -2.55. The minimum atomic E-state index is -1.72. The molecule has 3 amide bonds. The van der Waals surface area contributed by atoms with E-state index in [1.54, 1.807) is 48.4 Å². The predicted molar refractivity (Wildman–Crippen MR) is 135 cm³/mol. The molecule has 2 fully saturated rings. The summed E-state index contributed by atoms with van der Waals surface area (Å²) in [5.74, 6) is -1.44. The van der Waals surface area contributed by atoms with Gasteiger partial charge in [0.05, 0.1) is 18.9 Å². The smallest absolute Gasteiger partial charge is 0.259 e. The molecule has 5 rings (SSSR count). The maximum absolute atomic E-state index is 13.3. The summed E-state index contributed by atoms with van der Waals surface area (Å²) in [6, 6.07) is 12.1. The Morgan fingerprint density at radius 1 is 1.24 bits per heavy atom. The van der Waals surface area contributed by atoms with Crippen LogP contribution in [0.4, 0.5) is 11.4 Å². The second-order valence-electron chi connectivity index (χ2n) is 9.44. The summed E-state index contributed by atoms with van der Waals surface area (Å²) in [5, 5.41) is 16.5. The van der Waals surface area contributed by atoms with E-state index in [4.69, 9.17) is 15.2 Å². The van der Waals surface area contributed by atoms with Gasteiger partial charge in [-0.25, -0.2) is 0 Å². The molecule has 2 aromatic carbocycles. The van der Waals surface area contributed by atoms with Crippen molar-refractivity contribution in [2.45, 2.75) is 37.4 Å². The normalized spacial score (nSPS) is 24.2. The quantitative estimate of drug-likeness (QED) is 0.436. The fourth-order valence-corrected chi connectivity index (χ4v) is 5.01.